The molecule has 2 aromatic rings. The quantitative estimate of drug-likeness (QED) is 0.428. The molecule has 2 aromatic carbocycles. The van der Waals surface area contributed by atoms with Crippen molar-refractivity contribution in [2.24, 2.45) is 5.73 Å². The molecule has 33 heavy (non-hydrogen) atoms. The molecular formula is C26H36N2O5. The van der Waals surface area contributed by atoms with Crippen LogP contribution in [0.2, 0.25) is 0 Å². The van der Waals surface area contributed by atoms with Gasteiger partial charge in [-0.2, -0.15) is 0 Å². The molecule has 0 aliphatic heterocycles. The standard InChI is InChI=1S/C26H36N2O5/c1-5-19-17-21(32-15-7-6-14-28-25(31)33-26(2,3)4)12-13-22(19)20-10-8-18(9-11-20)16-23(27)24(29)30/h8-13,17,23H,5-7,14-16,27H2,1-4H3,(H,28,31)(H,29,30). The van der Waals surface area contributed by atoms with Gasteiger partial charge >= 0.3 is 12.1 Å². The first-order valence-electron chi connectivity index (χ1n) is 11.4. The maximum atomic E-state index is 11.6. The average Bonchev–Trinajstić information content (AvgIpc) is 2.75. The molecule has 1 amide bonds. The number of carbonyl (C=O) groups excluding carboxylic acids is 1. The van der Waals surface area contributed by atoms with E-state index in [0.29, 0.717) is 19.6 Å². The van der Waals surface area contributed by atoms with Gasteiger partial charge in [0.1, 0.15) is 17.4 Å². The maximum Gasteiger partial charge on any atom is 0.407 e. The summed E-state index contributed by atoms with van der Waals surface area (Å²) in [5.41, 5.74) is 9.40. The lowest BCUT2D eigenvalue weighted by Gasteiger charge is -2.19. The second kappa shape index (κ2) is 12.3. The van der Waals surface area contributed by atoms with Crippen LogP contribution in [-0.2, 0) is 22.4 Å². The molecule has 0 saturated heterocycles. The van der Waals surface area contributed by atoms with E-state index >= 15 is 0 Å². The summed E-state index contributed by atoms with van der Waals surface area (Å²) in [6.45, 7) is 8.73. The molecule has 0 aliphatic carbocycles. The number of ether oxygens (including phenoxy) is 2. The van der Waals surface area contributed by atoms with Crippen LogP contribution in [0.15, 0.2) is 42.5 Å². The van der Waals surface area contributed by atoms with Crippen molar-refractivity contribution in [3.8, 4) is 16.9 Å². The molecule has 0 heterocycles. The molecule has 180 valence electrons. The van der Waals surface area contributed by atoms with Gasteiger partial charge in [0, 0.05) is 6.54 Å². The van der Waals surface area contributed by atoms with Crippen LogP contribution < -0.4 is 15.8 Å². The third-order valence-electron chi connectivity index (χ3n) is 5.00. The fourth-order valence-corrected chi connectivity index (χ4v) is 3.32. The van der Waals surface area contributed by atoms with Gasteiger partial charge in [-0.05, 0) is 80.8 Å². The number of carboxylic acid groups (broad SMARTS) is 1. The zero-order valence-electron chi connectivity index (χ0n) is 20.0. The van der Waals surface area contributed by atoms with Gasteiger partial charge in [0.2, 0.25) is 0 Å². The van der Waals surface area contributed by atoms with Gasteiger partial charge in [-0.3, -0.25) is 4.79 Å². The van der Waals surface area contributed by atoms with Crippen molar-refractivity contribution in [3.63, 3.8) is 0 Å². The number of amides is 1. The summed E-state index contributed by atoms with van der Waals surface area (Å²) in [6.07, 6.45) is 2.38. The highest BCUT2D eigenvalue weighted by Crippen LogP contribution is 2.28. The molecule has 0 spiro atoms. The zero-order chi connectivity index (χ0) is 24.4. The summed E-state index contributed by atoms with van der Waals surface area (Å²) in [7, 11) is 0. The van der Waals surface area contributed by atoms with Crippen LogP contribution in [0.5, 0.6) is 5.75 Å². The lowest BCUT2D eigenvalue weighted by molar-refractivity contribution is -0.138. The first kappa shape index (κ1) is 26.2. The molecule has 1 unspecified atom stereocenters. The first-order valence-corrected chi connectivity index (χ1v) is 11.4. The van der Waals surface area contributed by atoms with E-state index < -0.39 is 23.7 Å². The van der Waals surface area contributed by atoms with E-state index in [1.165, 1.54) is 5.56 Å². The normalized spacial score (nSPS) is 12.2. The second-order valence-electron chi connectivity index (χ2n) is 9.00. The minimum absolute atomic E-state index is 0.302. The number of hydrogen-bond donors (Lipinski definition) is 3. The first-order chi connectivity index (χ1) is 15.6. The van der Waals surface area contributed by atoms with E-state index in [1.807, 2.05) is 51.1 Å². The van der Waals surface area contributed by atoms with Crippen LogP contribution in [-0.4, -0.2) is 42.0 Å². The molecule has 0 saturated carbocycles. The highest BCUT2D eigenvalue weighted by atomic mass is 16.6. The summed E-state index contributed by atoms with van der Waals surface area (Å²) in [6, 6.07) is 13.0. The molecule has 0 aliphatic rings. The number of aryl methyl sites for hydroxylation is 1. The van der Waals surface area contributed by atoms with Crippen LogP contribution in [0, 0.1) is 0 Å². The van der Waals surface area contributed by atoms with Crippen molar-refractivity contribution in [1.29, 1.82) is 0 Å². The summed E-state index contributed by atoms with van der Waals surface area (Å²) in [5.74, 6) is -0.179. The van der Waals surface area contributed by atoms with Crippen molar-refractivity contribution in [2.75, 3.05) is 13.2 Å². The summed E-state index contributed by atoms with van der Waals surface area (Å²) < 4.78 is 11.1. The second-order valence-corrected chi connectivity index (χ2v) is 9.00. The monoisotopic (exact) mass is 456 g/mol. The minimum atomic E-state index is -0.998. The molecule has 0 fully saturated rings. The number of carbonyl (C=O) groups is 2. The topological polar surface area (TPSA) is 111 Å². The number of benzene rings is 2. The number of unbranched alkanes of at least 4 members (excludes halogenated alkanes) is 1. The highest BCUT2D eigenvalue weighted by molar-refractivity contribution is 5.74. The van der Waals surface area contributed by atoms with Crippen LogP contribution in [0.25, 0.3) is 11.1 Å². The van der Waals surface area contributed by atoms with E-state index in [-0.39, 0.29) is 0 Å². The van der Waals surface area contributed by atoms with E-state index in [4.69, 9.17) is 20.3 Å². The number of carboxylic acids is 1. The summed E-state index contributed by atoms with van der Waals surface area (Å²) in [5, 5.41) is 11.7. The Bertz CT molecular complexity index is 919. The number of nitrogens with one attached hydrogen (secondary N) is 1. The molecule has 7 nitrogen and oxygen atoms in total. The Morgan fingerprint density at radius 1 is 1.09 bits per heavy atom. The SMILES string of the molecule is CCc1cc(OCCCCNC(=O)OC(C)(C)C)ccc1-c1ccc(CC(N)C(=O)O)cc1. The largest absolute Gasteiger partial charge is 0.494 e. The Morgan fingerprint density at radius 2 is 1.79 bits per heavy atom. The van der Waals surface area contributed by atoms with Crippen molar-refractivity contribution >= 4 is 12.1 Å². The Balaban J connectivity index is 1.85. The van der Waals surface area contributed by atoms with E-state index in [2.05, 4.69) is 24.4 Å². The molecular weight excluding hydrogens is 420 g/mol. The summed E-state index contributed by atoms with van der Waals surface area (Å²) >= 11 is 0. The van der Waals surface area contributed by atoms with Gasteiger partial charge < -0.3 is 25.6 Å². The Hall–Kier alpha value is -3.06. The maximum absolute atomic E-state index is 11.6. The fraction of sp³-hybridized carbons (Fsp3) is 0.462. The molecule has 1 atom stereocenters. The van der Waals surface area contributed by atoms with Crippen LogP contribution >= 0.6 is 0 Å². The fourth-order valence-electron chi connectivity index (χ4n) is 3.32. The third kappa shape index (κ3) is 9.14. The van der Waals surface area contributed by atoms with Gasteiger partial charge in [-0.25, -0.2) is 4.79 Å². The van der Waals surface area contributed by atoms with Gasteiger partial charge in [0.25, 0.3) is 0 Å². The zero-order valence-corrected chi connectivity index (χ0v) is 20.0. The van der Waals surface area contributed by atoms with Crippen molar-refractivity contribution in [1.82, 2.24) is 5.32 Å². The van der Waals surface area contributed by atoms with Crippen molar-refractivity contribution < 1.29 is 24.2 Å². The average molecular weight is 457 g/mol. The number of aliphatic carboxylic acids is 1. The van der Waals surface area contributed by atoms with Crippen molar-refractivity contribution in [3.05, 3.63) is 53.6 Å². The molecule has 0 aromatic heterocycles. The highest BCUT2D eigenvalue weighted by Gasteiger charge is 2.15. The molecule has 4 N–H and O–H groups in total. The predicted octanol–water partition coefficient (Wildman–Crippen LogP) is 4.55. The number of rotatable bonds is 11. The smallest absolute Gasteiger partial charge is 0.407 e. The molecule has 2 rings (SSSR count). The van der Waals surface area contributed by atoms with Gasteiger partial charge in [0.15, 0.2) is 0 Å². The van der Waals surface area contributed by atoms with Crippen molar-refractivity contribution in [2.45, 2.75) is 65.0 Å². The Kier molecular flexibility index (Phi) is 9.73. The predicted molar refractivity (Wildman–Crippen MR) is 130 cm³/mol. The van der Waals surface area contributed by atoms with Crippen LogP contribution in [0.4, 0.5) is 4.79 Å². The lowest BCUT2D eigenvalue weighted by Crippen LogP contribution is -2.33. The minimum Gasteiger partial charge on any atom is -0.494 e. The van der Waals surface area contributed by atoms with E-state index in [1.54, 1.807) is 0 Å². The van der Waals surface area contributed by atoms with E-state index in [0.717, 1.165) is 41.7 Å². The molecule has 7 heteroatoms. The summed E-state index contributed by atoms with van der Waals surface area (Å²) in [4.78, 5) is 22.6. The number of nitrogens with two attached hydrogens (primary N) is 1. The van der Waals surface area contributed by atoms with Gasteiger partial charge in [-0.15, -0.1) is 0 Å². The molecule has 0 bridgehead atoms. The Morgan fingerprint density at radius 3 is 2.39 bits per heavy atom. The number of hydrogen-bond acceptors (Lipinski definition) is 5. The van der Waals surface area contributed by atoms with Gasteiger partial charge in [0.05, 0.1) is 6.61 Å². The van der Waals surface area contributed by atoms with Crippen LogP contribution in [0.1, 0.15) is 51.7 Å². The van der Waals surface area contributed by atoms with E-state index in [9.17, 15) is 9.59 Å². The third-order valence-corrected chi connectivity index (χ3v) is 5.00. The lowest BCUT2D eigenvalue weighted by atomic mass is 9.96. The number of alkyl carbamates (subject to hydrolysis) is 1. The van der Waals surface area contributed by atoms with Gasteiger partial charge in [-0.1, -0.05) is 37.3 Å². The Labute approximate surface area is 196 Å². The van der Waals surface area contributed by atoms with Crippen LogP contribution in [0.3, 0.4) is 0 Å². The molecule has 0 radical (unpaired) electrons.